The third kappa shape index (κ3) is 1.21. The maximum atomic E-state index is 9.45. The summed E-state index contributed by atoms with van der Waals surface area (Å²) in [5.74, 6) is 1.89. The molecule has 0 bridgehead atoms. The third-order valence-electron chi connectivity index (χ3n) is 2.22. The Bertz CT molecular complexity index is 459. The quantitative estimate of drug-likeness (QED) is 0.823. The molecule has 5 heteroatoms. The van der Waals surface area contributed by atoms with Crippen molar-refractivity contribution in [2.24, 2.45) is 0 Å². The van der Waals surface area contributed by atoms with Gasteiger partial charge in [-0.3, -0.25) is 0 Å². The Labute approximate surface area is 84.2 Å². The second-order valence-electron chi connectivity index (χ2n) is 3.37. The van der Waals surface area contributed by atoms with Gasteiger partial charge in [0.15, 0.2) is 5.82 Å². The van der Waals surface area contributed by atoms with E-state index in [2.05, 4.69) is 10.1 Å². The van der Waals surface area contributed by atoms with Crippen molar-refractivity contribution >= 4 is 11.3 Å². The van der Waals surface area contributed by atoms with E-state index in [1.807, 2.05) is 0 Å². The van der Waals surface area contributed by atoms with Crippen LogP contribution in [-0.2, 0) is 0 Å². The van der Waals surface area contributed by atoms with Crippen molar-refractivity contribution in [2.75, 3.05) is 0 Å². The molecule has 3 rings (SSSR count). The van der Waals surface area contributed by atoms with Crippen LogP contribution in [-0.4, -0.2) is 15.2 Å². The number of thiophene rings is 1. The van der Waals surface area contributed by atoms with E-state index in [0.717, 1.165) is 18.7 Å². The highest BCUT2D eigenvalue weighted by atomic mass is 32.1. The average Bonchev–Trinajstić information content (AvgIpc) is 2.75. The van der Waals surface area contributed by atoms with Crippen molar-refractivity contribution in [2.45, 2.75) is 18.8 Å². The van der Waals surface area contributed by atoms with Gasteiger partial charge in [0.1, 0.15) is 10.6 Å². The summed E-state index contributed by atoms with van der Waals surface area (Å²) in [6.45, 7) is 0. The minimum absolute atomic E-state index is 0.209. The zero-order valence-corrected chi connectivity index (χ0v) is 8.12. The number of aromatic nitrogens is 2. The van der Waals surface area contributed by atoms with Gasteiger partial charge in [-0.25, -0.2) is 0 Å². The van der Waals surface area contributed by atoms with Crippen LogP contribution >= 0.6 is 11.3 Å². The molecule has 0 saturated heterocycles. The Morgan fingerprint density at radius 3 is 3.00 bits per heavy atom. The van der Waals surface area contributed by atoms with E-state index in [1.54, 1.807) is 11.4 Å². The maximum absolute atomic E-state index is 9.45. The first-order chi connectivity index (χ1) is 6.84. The molecule has 14 heavy (non-hydrogen) atoms. The fourth-order valence-corrected chi connectivity index (χ4v) is 2.00. The van der Waals surface area contributed by atoms with Gasteiger partial charge < -0.3 is 9.63 Å². The molecule has 0 aromatic carbocycles. The van der Waals surface area contributed by atoms with Gasteiger partial charge in [-0.05, 0) is 24.3 Å². The van der Waals surface area contributed by atoms with Crippen LogP contribution in [0.15, 0.2) is 16.0 Å². The number of hydrogen-bond donors (Lipinski definition) is 1. The van der Waals surface area contributed by atoms with E-state index in [9.17, 15) is 5.11 Å². The molecule has 2 aromatic heterocycles. The van der Waals surface area contributed by atoms with Gasteiger partial charge in [0, 0.05) is 5.92 Å². The third-order valence-corrected chi connectivity index (χ3v) is 3.11. The predicted octanol–water partition coefficient (Wildman–Crippen LogP) is 2.38. The molecule has 2 aromatic rings. The van der Waals surface area contributed by atoms with Crippen molar-refractivity contribution < 1.29 is 9.63 Å². The molecule has 0 unspecified atom stereocenters. The normalized spacial score (nSPS) is 16.0. The molecule has 0 spiro atoms. The molecule has 1 aliphatic rings. The van der Waals surface area contributed by atoms with Crippen molar-refractivity contribution in [3.63, 3.8) is 0 Å². The van der Waals surface area contributed by atoms with E-state index < -0.39 is 0 Å². The summed E-state index contributed by atoms with van der Waals surface area (Å²) in [6.07, 6.45) is 2.30. The number of rotatable bonds is 2. The molecule has 1 aliphatic carbocycles. The molecular weight excluding hydrogens is 200 g/mol. The topological polar surface area (TPSA) is 59.2 Å². The summed E-state index contributed by atoms with van der Waals surface area (Å²) < 4.78 is 5.08. The first kappa shape index (κ1) is 7.99. The molecule has 1 fully saturated rings. The smallest absolute Gasteiger partial charge is 0.271 e. The lowest BCUT2D eigenvalue weighted by atomic mass is 10.4. The average molecular weight is 208 g/mol. The molecule has 1 saturated carbocycles. The summed E-state index contributed by atoms with van der Waals surface area (Å²) in [5, 5.41) is 15.1. The van der Waals surface area contributed by atoms with Crippen LogP contribution in [0.5, 0.6) is 5.75 Å². The van der Waals surface area contributed by atoms with Gasteiger partial charge in [0.2, 0.25) is 0 Å². The lowest BCUT2D eigenvalue weighted by Crippen LogP contribution is -1.80. The molecule has 0 atom stereocenters. The van der Waals surface area contributed by atoms with E-state index in [4.69, 9.17) is 4.52 Å². The largest absolute Gasteiger partial charge is 0.506 e. The zero-order chi connectivity index (χ0) is 9.54. The molecular formula is C9H8N2O2S. The van der Waals surface area contributed by atoms with E-state index in [-0.39, 0.29) is 5.75 Å². The fourth-order valence-electron chi connectivity index (χ4n) is 1.30. The van der Waals surface area contributed by atoms with E-state index in [1.165, 1.54) is 11.3 Å². The summed E-state index contributed by atoms with van der Waals surface area (Å²) >= 11 is 1.40. The Morgan fingerprint density at radius 1 is 1.50 bits per heavy atom. The molecule has 4 nitrogen and oxygen atoms in total. The van der Waals surface area contributed by atoms with Crippen molar-refractivity contribution in [3.05, 3.63) is 17.3 Å². The summed E-state index contributed by atoms with van der Waals surface area (Å²) in [7, 11) is 0. The second-order valence-corrected chi connectivity index (χ2v) is 4.28. The molecule has 0 radical (unpaired) electrons. The summed E-state index contributed by atoms with van der Waals surface area (Å²) in [6, 6.07) is 1.63. The van der Waals surface area contributed by atoms with Crippen LogP contribution in [0, 0.1) is 0 Å². The lowest BCUT2D eigenvalue weighted by molar-refractivity contribution is 0.419. The van der Waals surface area contributed by atoms with Crippen molar-refractivity contribution in [1.82, 2.24) is 10.1 Å². The van der Waals surface area contributed by atoms with Gasteiger partial charge in [-0.15, -0.1) is 11.3 Å². The van der Waals surface area contributed by atoms with Gasteiger partial charge in [-0.1, -0.05) is 5.16 Å². The highest BCUT2D eigenvalue weighted by Crippen LogP contribution is 2.40. The van der Waals surface area contributed by atoms with Crippen LogP contribution in [0.3, 0.4) is 0 Å². The lowest BCUT2D eigenvalue weighted by Gasteiger charge is -1.87. The summed E-state index contributed by atoms with van der Waals surface area (Å²) in [4.78, 5) is 4.91. The number of aromatic hydroxyl groups is 1. The van der Waals surface area contributed by atoms with Crippen molar-refractivity contribution in [3.8, 4) is 16.5 Å². The first-order valence-electron chi connectivity index (χ1n) is 4.45. The highest BCUT2D eigenvalue weighted by Gasteiger charge is 2.29. The monoisotopic (exact) mass is 208 g/mol. The molecule has 0 aliphatic heterocycles. The van der Waals surface area contributed by atoms with E-state index >= 15 is 0 Å². The Morgan fingerprint density at radius 2 is 2.36 bits per heavy atom. The second kappa shape index (κ2) is 2.81. The van der Waals surface area contributed by atoms with Crippen LogP contribution in [0.1, 0.15) is 24.6 Å². The van der Waals surface area contributed by atoms with Crippen LogP contribution in [0.4, 0.5) is 0 Å². The van der Waals surface area contributed by atoms with Crippen LogP contribution < -0.4 is 0 Å². The van der Waals surface area contributed by atoms with Crippen LogP contribution in [0.2, 0.25) is 0 Å². The Hall–Kier alpha value is -1.36. The zero-order valence-electron chi connectivity index (χ0n) is 7.30. The van der Waals surface area contributed by atoms with E-state index in [0.29, 0.717) is 16.7 Å². The number of hydrogen-bond acceptors (Lipinski definition) is 5. The molecule has 2 heterocycles. The minimum Gasteiger partial charge on any atom is -0.506 e. The number of nitrogens with zero attached hydrogens (tertiary/aromatic N) is 2. The SMILES string of the molecule is Oc1ccsc1-c1nc(C2CC2)no1. The maximum Gasteiger partial charge on any atom is 0.271 e. The summed E-state index contributed by atoms with van der Waals surface area (Å²) in [5.41, 5.74) is 0. The Kier molecular flexibility index (Phi) is 1.61. The van der Waals surface area contributed by atoms with Gasteiger partial charge in [0.25, 0.3) is 5.89 Å². The van der Waals surface area contributed by atoms with Crippen LogP contribution in [0.25, 0.3) is 10.8 Å². The minimum atomic E-state index is 0.209. The highest BCUT2D eigenvalue weighted by molar-refractivity contribution is 7.13. The molecule has 72 valence electrons. The van der Waals surface area contributed by atoms with Crippen molar-refractivity contribution in [1.29, 1.82) is 0 Å². The van der Waals surface area contributed by atoms with Gasteiger partial charge in [-0.2, -0.15) is 4.98 Å². The standard InChI is InChI=1S/C9H8N2O2S/c12-6-3-4-14-7(6)9-10-8(11-13-9)5-1-2-5/h3-5,12H,1-2H2. The van der Waals surface area contributed by atoms with Gasteiger partial charge in [0.05, 0.1) is 0 Å². The fraction of sp³-hybridized carbons (Fsp3) is 0.333. The predicted molar refractivity (Wildman–Crippen MR) is 51.3 cm³/mol. The van der Waals surface area contributed by atoms with Gasteiger partial charge >= 0.3 is 0 Å². The molecule has 1 N–H and O–H groups in total. The first-order valence-corrected chi connectivity index (χ1v) is 5.33. The Balaban J connectivity index is 1.99. The molecule has 0 amide bonds.